The van der Waals surface area contributed by atoms with Gasteiger partial charge in [0.1, 0.15) is 0 Å². The molecule has 1 heterocycles. The van der Waals surface area contributed by atoms with Gasteiger partial charge in [-0.2, -0.15) is 0 Å². The van der Waals surface area contributed by atoms with Gasteiger partial charge < -0.3 is 15.2 Å². The number of carbonyl (C=O) groups excluding carboxylic acids is 1. The summed E-state index contributed by atoms with van der Waals surface area (Å²) in [5, 5.41) is 12.8. The maximum absolute atomic E-state index is 12.2. The molecule has 4 nitrogen and oxygen atoms in total. The van der Waals surface area contributed by atoms with E-state index in [0.29, 0.717) is 24.4 Å². The molecular weight excluding hydrogens is 290 g/mol. The fourth-order valence-electron chi connectivity index (χ4n) is 2.85. The van der Waals surface area contributed by atoms with Crippen LogP contribution < -0.4 is 5.32 Å². The van der Waals surface area contributed by atoms with Crippen molar-refractivity contribution in [3.63, 3.8) is 0 Å². The number of amides is 1. The van der Waals surface area contributed by atoms with Crippen LogP contribution in [-0.2, 0) is 11.2 Å². The maximum Gasteiger partial charge on any atom is 0.251 e. The minimum absolute atomic E-state index is 0.0214. The third kappa shape index (κ3) is 6.71. The quantitative estimate of drug-likeness (QED) is 0.812. The minimum Gasteiger partial charge on any atom is -0.390 e. The molecule has 23 heavy (non-hydrogen) atoms. The van der Waals surface area contributed by atoms with Crippen LogP contribution in [0.5, 0.6) is 0 Å². The van der Waals surface area contributed by atoms with Crippen molar-refractivity contribution in [1.82, 2.24) is 5.32 Å². The number of carbonyl (C=O) groups is 1. The van der Waals surface area contributed by atoms with Crippen molar-refractivity contribution in [3.8, 4) is 0 Å². The molecule has 1 fully saturated rings. The van der Waals surface area contributed by atoms with E-state index < -0.39 is 5.60 Å². The molecule has 0 aliphatic carbocycles. The second-order valence-electron chi connectivity index (χ2n) is 7.14. The summed E-state index contributed by atoms with van der Waals surface area (Å²) in [5.41, 5.74) is 1.10. The average Bonchev–Trinajstić information content (AvgIpc) is 2.53. The molecule has 4 heteroatoms. The monoisotopic (exact) mass is 319 g/mol. The van der Waals surface area contributed by atoms with Crippen LogP contribution in [0.25, 0.3) is 0 Å². The standard InChI is InChI=1S/C19H29NO3/c1-19(2,22)10-8-15-5-3-7-17(13-15)18(21)20-11-9-16-6-4-12-23-14-16/h3,5,7,13,16,22H,4,6,8-12,14H2,1-2H3,(H,20,21). The lowest BCUT2D eigenvalue weighted by molar-refractivity contribution is 0.0514. The van der Waals surface area contributed by atoms with E-state index in [4.69, 9.17) is 4.74 Å². The Hall–Kier alpha value is -1.39. The fraction of sp³-hybridized carbons (Fsp3) is 0.632. The molecule has 0 aromatic heterocycles. The molecule has 1 atom stereocenters. The van der Waals surface area contributed by atoms with Crippen LogP contribution in [0.4, 0.5) is 0 Å². The summed E-state index contributed by atoms with van der Waals surface area (Å²) in [6.07, 6.45) is 4.75. The van der Waals surface area contributed by atoms with E-state index in [9.17, 15) is 9.90 Å². The topological polar surface area (TPSA) is 58.6 Å². The lowest BCUT2D eigenvalue weighted by atomic mass is 9.97. The van der Waals surface area contributed by atoms with Crippen molar-refractivity contribution in [2.75, 3.05) is 19.8 Å². The van der Waals surface area contributed by atoms with E-state index in [2.05, 4.69) is 5.32 Å². The maximum atomic E-state index is 12.2. The highest BCUT2D eigenvalue weighted by atomic mass is 16.5. The second kappa shape index (κ2) is 8.46. The third-order valence-electron chi connectivity index (χ3n) is 4.31. The number of ether oxygens (including phenoxy) is 1. The molecule has 128 valence electrons. The van der Waals surface area contributed by atoms with E-state index in [1.165, 1.54) is 6.42 Å². The number of rotatable bonds is 7. The number of aryl methyl sites for hydroxylation is 1. The third-order valence-corrected chi connectivity index (χ3v) is 4.31. The fourth-order valence-corrected chi connectivity index (χ4v) is 2.85. The summed E-state index contributed by atoms with van der Waals surface area (Å²) in [6.45, 7) is 6.00. The van der Waals surface area contributed by atoms with Gasteiger partial charge in [0.2, 0.25) is 0 Å². The zero-order valence-electron chi connectivity index (χ0n) is 14.3. The van der Waals surface area contributed by atoms with Crippen molar-refractivity contribution in [2.45, 2.75) is 51.6 Å². The van der Waals surface area contributed by atoms with Gasteiger partial charge in [-0.1, -0.05) is 12.1 Å². The number of aliphatic hydroxyl groups is 1. The van der Waals surface area contributed by atoms with Crippen LogP contribution in [0, 0.1) is 5.92 Å². The molecule has 1 aliphatic heterocycles. The van der Waals surface area contributed by atoms with Crippen LogP contribution in [0.2, 0.25) is 0 Å². The van der Waals surface area contributed by atoms with Crippen LogP contribution >= 0.6 is 0 Å². The summed E-state index contributed by atoms with van der Waals surface area (Å²) in [6, 6.07) is 7.67. The summed E-state index contributed by atoms with van der Waals surface area (Å²) in [5.74, 6) is 0.550. The van der Waals surface area contributed by atoms with E-state index in [1.54, 1.807) is 13.8 Å². The van der Waals surface area contributed by atoms with Gasteiger partial charge in [-0.15, -0.1) is 0 Å². The Kier molecular flexibility index (Phi) is 6.60. The van der Waals surface area contributed by atoms with E-state index in [0.717, 1.165) is 38.0 Å². The predicted octanol–water partition coefficient (Wildman–Crippen LogP) is 2.94. The normalized spacial score (nSPS) is 18.7. The zero-order chi connectivity index (χ0) is 16.7. The first kappa shape index (κ1) is 18.0. The van der Waals surface area contributed by atoms with Crippen molar-refractivity contribution in [3.05, 3.63) is 35.4 Å². The lowest BCUT2D eigenvalue weighted by Crippen LogP contribution is -2.28. The molecule has 1 saturated heterocycles. The van der Waals surface area contributed by atoms with Gasteiger partial charge in [-0.3, -0.25) is 4.79 Å². The predicted molar refractivity (Wildman–Crippen MR) is 91.6 cm³/mol. The Labute approximate surface area is 139 Å². The van der Waals surface area contributed by atoms with Crippen molar-refractivity contribution in [2.24, 2.45) is 5.92 Å². The largest absolute Gasteiger partial charge is 0.390 e. The Balaban J connectivity index is 1.79. The highest BCUT2D eigenvalue weighted by Crippen LogP contribution is 2.17. The van der Waals surface area contributed by atoms with E-state index >= 15 is 0 Å². The van der Waals surface area contributed by atoms with Gasteiger partial charge in [0.05, 0.1) is 5.60 Å². The Morgan fingerprint density at radius 3 is 2.96 bits per heavy atom. The highest BCUT2D eigenvalue weighted by Gasteiger charge is 2.15. The molecule has 1 unspecified atom stereocenters. The van der Waals surface area contributed by atoms with Gasteiger partial charge in [0.25, 0.3) is 5.91 Å². The molecule has 0 spiro atoms. The SMILES string of the molecule is CC(C)(O)CCc1cccc(C(=O)NCCC2CCCOC2)c1. The van der Waals surface area contributed by atoms with Crippen LogP contribution in [0.3, 0.4) is 0 Å². The molecule has 0 bridgehead atoms. The Morgan fingerprint density at radius 2 is 2.26 bits per heavy atom. The first-order valence-corrected chi connectivity index (χ1v) is 8.61. The summed E-state index contributed by atoms with van der Waals surface area (Å²) in [7, 11) is 0. The molecule has 0 saturated carbocycles. The van der Waals surface area contributed by atoms with Crippen molar-refractivity contribution in [1.29, 1.82) is 0 Å². The van der Waals surface area contributed by atoms with Gasteiger partial charge in [-0.05, 0) is 69.6 Å². The highest BCUT2D eigenvalue weighted by molar-refractivity contribution is 5.94. The van der Waals surface area contributed by atoms with Gasteiger partial charge in [0.15, 0.2) is 0 Å². The van der Waals surface area contributed by atoms with Gasteiger partial charge in [-0.25, -0.2) is 0 Å². The van der Waals surface area contributed by atoms with Crippen LogP contribution in [0.15, 0.2) is 24.3 Å². The summed E-state index contributed by atoms with van der Waals surface area (Å²) >= 11 is 0. The van der Waals surface area contributed by atoms with Gasteiger partial charge >= 0.3 is 0 Å². The molecule has 1 aromatic carbocycles. The first-order valence-electron chi connectivity index (χ1n) is 8.61. The van der Waals surface area contributed by atoms with Crippen molar-refractivity contribution < 1.29 is 14.6 Å². The molecule has 2 rings (SSSR count). The number of nitrogens with one attached hydrogen (secondary N) is 1. The number of hydrogen-bond acceptors (Lipinski definition) is 3. The van der Waals surface area contributed by atoms with E-state index in [-0.39, 0.29) is 5.91 Å². The summed E-state index contributed by atoms with van der Waals surface area (Å²) < 4.78 is 5.46. The number of hydrogen-bond donors (Lipinski definition) is 2. The number of benzene rings is 1. The zero-order valence-corrected chi connectivity index (χ0v) is 14.3. The molecule has 1 aromatic rings. The lowest BCUT2D eigenvalue weighted by Gasteiger charge is -2.21. The summed E-state index contributed by atoms with van der Waals surface area (Å²) in [4.78, 5) is 12.2. The second-order valence-corrected chi connectivity index (χ2v) is 7.14. The average molecular weight is 319 g/mol. The molecule has 0 radical (unpaired) electrons. The molecule has 2 N–H and O–H groups in total. The molecule has 1 aliphatic rings. The Bertz CT molecular complexity index is 502. The minimum atomic E-state index is -0.680. The first-order chi connectivity index (χ1) is 10.9. The van der Waals surface area contributed by atoms with Crippen LogP contribution in [0.1, 0.15) is 55.5 Å². The smallest absolute Gasteiger partial charge is 0.251 e. The molecular formula is C19H29NO3. The van der Waals surface area contributed by atoms with Crippen LogP contribution in [-0.4, -0.2) is 36.4 Å². The molecule has 1 amide bonds. The van der Waals surface area contributed by atoms with Gasteiger partial charge in [0, 0.05) is 25.3 Å². The Morgan fingerprint density at radius 1 is 1.43 bits per heavy atom. The van der Waals surface area contributed by atoms with Crippen molar-refractivity contribution >= 4 is 5.91 Å². The van der Waals surface area contributed by atoms with E-state index in [1.807, 2.05) is 24.3 Å².